The van der Waals surface area contributed by atoms with Gasteiger partial charge in [-0.05, 0) is 42.1 Å². The third-order valence-electron chi connectivity index (χ3n) is 5.63. The minimum atomic E-state index is 0.0495. The highest BCUT2D eigenvalue weighted by molar-refractivity contribution is 5.90. The Balaban J connectivity index is 1.52. The summed E-state index contributed by atoms with van der Waals surface area (Å²) in [5.41, 5.74) is 3.50. The van der Waals surface area contributed by atoms with Crippen molar-refractivity contribution in [2.75, 3.05) is 20.6 Å². The number of hydrogen-bond donors (Lipinski definition) is 1. The van der Waals surface area contributed by atoms with E-state index in [9.17, 15) is 4.79 Å². The van der Waals surface area contributed by atoms with E-state index in [4.69, 9.17) is 0 Å². The molecule has 1 N–H and O–H groups in total. The fourth-order valence-electron chi connectivity index (χ4n) is 4.10. The van der Waals surface area contributed by atoms with E-state index in [0.717, 1.165) is 10.9 Å². The van der Waals surface area contributed by atoms with E-state index in [2.05, 4.69) is 84.6 Å². The van der Waals surface area contributed by atoms with Crippen molar-refractivity contribution in [3.05, 3.63) is 84.1 Å². The number of aryl methyl sites for hydroxylation is 1. The maximum atomic E-state index is 12.7. The Morgan fingerprint density at radius 1 is 0.966 bits per heavy atom. The molecule has 1 heterocycles. The summed E-state index contributed by atoms with van der Waals surface area (Å²) in [7, 11) is 6.18. The van der Waals surface area contributed by atoms with Gasteiger partial charge in [-0.1, -0.05) is 60.7 Å². The Morgan fingerprint density at radius 2 is 1.66 bits per heavy atom. The number of rotatable bonds is 6. The summed E-state index contributed by atoms with van der Waals surface area (Å²) in [5, 5.41) is 6.70. The SMILES string of the molecule is CN(C)C(CNC(=O)Cc1cccc2ccccc12)c1cn(C)c2ccccc12. The summed E-state index contributed by atoms with van der Waals surface area (Å²) in [6.07, 6.45) is 2.56. The van der Waals surface area contributed by atoms with Gasteiger partial charge in [-0.15, -0.1) is 0 Å². The van der Waals surface area contributed by atoms with Crippen molar-refractivity contribution in [3.63, 3.8) is 0 Å². The molecule has 0 aliphatic rings. The smallest absolute Gasteiger partial charge is 0.224 e. The molecule has 0 saturated heterocycles. The number of para-hydroxylation sites is 1. The van der Waals surface area contributed by atoms with E-state index in [1.165, 1.54) is 21.9 Å². The van der Waals surface area contributed by atoms with Gasteiger partial charge >= 0.3 is 0 Å². The Morgan fingerprint density at radius 3 is 2.45 bits per heavy atom. The van der Waals surface area contributed by atoms with E-state index in [0.29, 0.717) is 13.0 Å². The fourth-order valence-corrected chi connectivity index (χ4v) is 4.10. The zero-order valence-corrected chi connectivity index (χ0v) is 17.2. The van der Waals surface area contributed by atoms with E-state index < -0.39 is 0 Å². The van der Waals surface area contributed by atoms with Gasteiger partial charge in [-0.3, -0.25) is 4.79 Å². The molecule has 1 unspecified atom stereocenters. The number of hydrogen-bond acceptors (Lipinski definition) is 2. The van der Waals surface area contributed by atoms with Crippen LogP contribution in [0, 0.1) is 0 Å². The molecule has 1 amide bonds. The number of likely N-dealkylation sites (N-methyl/N-ethyl adjacent to an activating group) is 1. The van der Waals surface area contributed by atoms with Gasteiger partial charge in [0.05, 0.1) is 12.5 Å². The molecule has 0 fully saturated rings. The lowest BCUT2D eigenvalue weighted by Gasteiger charge is -2.24. The molecule has 29 heavy (non-hydrogen) atoms. The standard InChI is InChI=1S/C25H27N3O/c1-27(2)24(22-17-28(3)23-14-7-6-13-21(22)23)16-26-25(29)15-19-11-8-10-18-9-4-5-12-20(18)19/h4-14,17,24H,15-16H2,1-3H3,(H,26,29). The fraction of sp³-hybridized carbons (Fsp3) is 0.240. The van der Waals surface area contributed by atoms with Crippen molar-refractivity contribution in [1.82, 2.24) is 14.8 Å². The minimum absolute atomic E-state index is 0.0495. The Labute approximate surface area is 171 Å². The summed E-state index contributed by atoms with van der Waals surface area (Å²) >= 11 is 0. The Kier molecular flexibility index (Phi) is 5.36. The maximum absolute atomic E-state index is 12.7. The van der Waals surface area contributed by atoms with Gasteiger partial charge in [0, 0.05) is 30.7 Å². The van der Waals surface area contributed by atoms with Crippen LogP contribution in [-0.2, 0) is 18.3 Å². The van der Waals surface area contributed by atoms with Gasteiger partial charge in [0.2, 0.25) is 5.91 Å². The summed E-state index contributed by atoms with van der Waals surface area (Å²) in [5.74, 6) is 0.0495. The monoisotopic (exact) mass is 385 g/mol. The molecule has 4 rings (SSSR count). The van der Waals surface area contributed by atoms with Crippen LogP contribution in [0.25, 0.3) is 21.7 Å². The van der Waals surface area contributed by atoms with Gasteiger partial charge in [0.25, 0.3) is 0 Å². The van der Waals surface area contributed by atoms with Crippen molar-refractivity contribution in [3.8, 4) is 0 Å². The van der Waals surface area contributed by atoms with Gasteiger partial charge in [-0.25, -0.2) is 0 Å². The van der Waals surface area contributed by atoms with Gasteiger partial charge in [0.1, 0.15) is 0 Å². The molecule has 1 aromatic heterocycles. The number of amides is 1. The predicted molar refractivity (Wildman–Crippen MR) is 120 cm³/mol. The highest BCUT2D eigenvalue weighted by Gasteiger charge is 2.20. The second-order valence-corrected chi connectivity index (χ2v) is 7.81. The van der Waals surface area contributed by atoms with E-state index in [1.54, 1.807) is 0 Å². The number of aromatic nitrogens is 1. The molecule has 0 spiro atoms. The highest BCUT2D eigenvalue weighted by atomic mass is 16.1. The molecule has 4 heteroatoms. The molecule has 1 atom stereocenters. The number of fused-ring (bicyclic) bond motifs is 2. The lowest BCUT2D eigenvalue weighted by molar-refractivity contribution is -0.120. The van der Waals surface area contributed by atoms with Crippen molar-refractivity contribution in [1.29, 1.82) is 0 Å². The number of carbonyl (C=O) groups excluding carboxylic acids is 1. The second kappa shape index (κ2) is 8.10. The molecule has 0 saturated carbocycles. The predicted octanol–water partition coefficient (Wildman–Crippen LogP) is 4.29. The van der Waals surface area contributed by atoms with Crippen LogP contribution in [0.3, 0.4) is 0 Å². The lowest BCUT2D eigenvalue weighted by Crippen LogP contribution is -2.35. The summed E-state index contributed by atoms with van der Waals surface area (Å²) in [6, 6.07) is 22.9. The van der Waals surface area contributed by atoms with Crippen molar-refractivity contribution < 1.29 is 4.79 Å². The molecule has 4 aromatic rings. The van der Waals surface area contributed by atoms with E-state index in [1.807, 2.05) is 24.3 Å². The van der Waals surface area contributed by atoms with Crippen molar-refractivity contribution in [2.45, 2.75) is 12.5 Å². The molecule has 4 nitrogen and oxygen atoms in total. The van der Waals surface area contributed by atoms with Crippen molar-refractivity contribution >= 4 is 27.6 Å². The first kappa shape index (κ1) is 19.2. The van der Waals surface area contributed by atoms with Crippen LogP contribution in [-0.4, -0.2) is 36.0 Å². The number of benzene rings is 3. The zero-order chi connectivity index (χ0) is 20.4. The Hall–Kier alpha value is -3.11. The summed E-state index contributed by atoms with van der Waals surface area (Å²) in [6.45, 7) is 0.574. The van der Waals surface area contributed by atoms with E-state index >= 15 is 0 Å². The van der Waals surface area contributed by atoms with Gasteiger partial charge < -0.3 is 14.8 Å². The highest BCUT2D eigenvalue weighted by Crippen LogP contribution is 2.28. The first-order chi connectivity index (χ1) is 14.0. The molecule has 3 aromatic carbocycles. The van der Waals surface area contributed by atoms with Crippen LogP contribution in [0.2, 0.25) is 0 Å². The van der Waals surface area contributed by atoms with Crippen molar-refractivity contribution in [2.24, 2.45) is 7.05 Å². The second-order valence-electron chi connectivity index (χ2n) is 7.81. The average Bonchev–Trinajstić information content (AvgIpc) is 3.05. The van der Waals surface area contributed by atoms with Gasteiger partial charge in [-0.2, -0.15) is 0 Å². The molecule has 0 aliphatic heterocycles. The van der Waals surface area contributed by atoms with Crippen LogP contribution in [0.4, 0.5) is 0 Å². The van der Waals surface area contributed by atoms with Crippen LogP contribution in [0.15, 0.2) is 72.9 Å². The normalized spacial score (nSPS) is 12.6. The van der Waals surface area contributed by atoms with Crippen LogP contribution in [0.1, 0.15) is 17.2 Å². The summed E-state index contributed by atoms with van der Waals surface area (Å²) < 4.78 is 2.15. The third kappa shape index (κ3) is 3.89. The van der Waals surface area contributed by atoms with Gasteiger partial charge in [0.15, 0.2) is 0 Å². The Bertz CT molecular complexity index is 1150. The third-order valence-corrected chi connectivity index (χ3v) is 5.63. The zero-order valence-electron chi connectivity index (χ0n) is 17.2. The largest absolute Gasteiger partial charge is 0.354 e. The molecule has 0 aliphatic carbocycles. The lowest BCUT2D eigenvalue weighted by atomic mass is 10.0. The quantitative estimate of drug-likeness (QED) is 0.537. The molecule has 0 radical (unpaired) electrons. The number of nitrogens with zero attached hydrogens (tertiary/aromatic N) is 2. The summed E-state index contributed by atoms with van der Waals surface area (Å²) in [4.78, 5) is 14.9. The van der Waals surface area contributed by atoms with Crippen LogP contribution < -0.4 is 5.32 Å². The molecule has 0 bridgehead atoms. The van der Waals surface area contributed by atoms with E-state index in [-0.39, 0.29) is 11.9 Å². The maximum Gasteiger partial charge on any atom is 0.224 e. The van der Waals surface area contributed by atoms with Crippen LogP contribution >= 0.6 is 0 Å². The van der Waals surface area contributed by atoms with Crippen LogP contribution in [0.5, 0.6) is 0 Å². The number of nitrogens with one attached hydrogen (secondary N) is 1. The minimum Gasteiger partial charge on any atom is -0.354 e. The first-order valence-electron chi connectivity index (χ1n) is 9.98. The number of carbonyl (C=O) groups is 1. The molecular weight excluding hydrogens is 358 g/mol. The average molecular weight is 386 g/mol. The molecule has 148 valence electrons. The topological polar surface area (TPSA) is 37.3 Å². The molecular formula is C25H27N3O. The first-order valence-corrected chi connectivity index (χ1v) is 9.98.